The van der Waals surface area contributed by atoms with Crippen LogP contribution in [0.2, 0.25) is 0 Å². The Hall–Kier alpha value is -1.40. The third-order valence-corrected chi connectivity index (χ3v) is 3.15. The molecule has 0 heterocycles. The molecule has 0 atom stereocenters. The van der Waals surface area contributed by atoms with Gasteiger partial charge in [-0.3, -0.25) is 0 Å². The molecule has 1 aliphatic rings. The number of nitrogens with one attached hydrogen (secondary N) is 1. The second-order valence-corrected chi connectivity index (χ2v) is 4.56. The summed E-state index contributed by atoms with van der Waals surface area (Å²) in [5.74, 6) is -0.202. The maximum absolute atomic E-state index is 12.7. The van der Waals surface area contributed by atoms with Crippen molar-refractivity contribution in [2.24, 2.45) is 5.41 Å². The number of hydrogen-bond acceptors (Lipinski definition) is 2. The lowest BCUT2D eigenvalue weighted by atomic mass is 10.0. The molecular formula is C13H15FN2. The molecule has 0 saturated heterocycles. The number of rotatable bonds is 5. The summed E-state index contributed by atoms with van der Waals surface area (Å²) in [6.07, 6.45) is 2.94. The maximum atomic E-state index is 12.7. The summed E-state index contributed by atoms with van der Waals surface area (Å²) in [5.41, 5.74) is 1.31. The van der Waals surface area contributed by atoms with Crippen LogP contribution in [-0.2, 0) is 6.54 Å². The fraction of sp³-hybridized carbons (Fsp3) is 0.462. The van der Waals surface area contributed by atoms with Gasteiger partial charge in [-0.15, -0.1) is 0 Å². The van der Waals surface area contributed by atoms with Crippen molar-refractivity contribution in [2.75, 3.05) is 6.54 Å². The minimum atomic E-state index is -0.202. The Kier molecular flexibility index (Phi) is 3.21. The van der Waals surface area contributed by atoms with Crippen molar-refractivity contribution < 1.29 is 4.39 Å². The van der Waals surface area contributed by atoms with Crippen LogP contribution in [-0.4, -0.2) is 6.54 Å². The van der Waals surface area contributed by atoms with E-state index in [0.717, 1.165) is 31.5 Å². The molecule has 0 unspecified atom stereocenters. The summed E-state index contributed by atoms with van der Waals surface area (Å²) in [5, 5.41) is 12.0. The number of benzene rings is 1. The quantitative estimate of drug-likeness (QED) is 0.824. The van der Waals surface area contributed by atoms with E-state index in [2.05, 4.69) is 11.4 Å². The Morgan fingerprint density at radius 1 is 1.31 bits per heavy atom. The molecule has 0 amide bonds. The third-order valence-electron chi connectivity index (χ3n) is 3.15. The minimum Gasteiger partial charge on any atom is -0.312 e. The van der Waals surface area contributed by atoms with Crippen molar-refractivity contribution in [3.63, 3.8) is 0 Å². The summed E-state index contributed by atoms with van der Waals surface area (Å²) >= 11 is 0. The van der Waals surface area contributed by atoms with Gasteiger partial charge in [-0.1, -0.05) is 12.1 Å². The van der Waals surface area contributed by atoms with Gasteiger partial charge in [0.1, 0.15) is 5.82 Å². The highest BCUT2D eigenvalue weighted by Gasteiger charge is 2.41. The molecule has 1 fully saturated rings. The highest BCUT2D eigenvalue weighted by Crippen LogP contribution is 2.47. The first kappa shape index (κ1) is 11.1. The first-order chi connectivity index (χ1) is 7.74. The van der Waals surface area contributed by atoms with Crippen LogP contribution in [0.4, 0.5) is 4.39 Å². The molecular weight excluding hydrogens is 203 g/mol. The fourth-order valence-corrected chi connectivity index (χ4v) is 1.83. The van der Waals surface area contributed by atoms with Gasteiger partial charge in [0.15, 0.2) is 0 Å². The van der Waals surface area contributed by atoms with Gasteiger partial charge in [0.25, 0.3) is 0 Å². The smallest absolute Gasteiger partial charge is 0.123 e. The predicted octanol–water partition coefficient (Wildman–Crippen LogP) is 2.61. The van der Waals surface area contributed by atoms with E-state index in [1.807, 2.05) is 0 Å². The molecule has 1 aliphatic carbocycles. The van der Waals surface area contributed by atoms with E-state index in [0.29, 0.717) is 6.42 Å². The number of halogens is 1. The van der Waals surface area contributed by atoms with E-state index in [-0.39, 0.29) is 11.2 Å². The van der Waals surface area contributed by atoms with Crippen molar-refractivity contribution >= 4 is 0 Å². The second kappa shape index (κ2) is 4.63. The van der Waals surface area contributed by atoms with Crippen LogP contribution in [0.25, 0.3) is 0 Å². The molecule has 0 radical (unpaired) electrons. The Morgan fingerprint density at radius 3 is 2.56 bits per heavy atom. The van der Waals surface area contributed by atoms with Crippen molar-refractivity contribution in [2.45, 2.75) is 25.8 Å². The first-order valence-corrected chi connectivity index (χ1v) is 5.56. The van der Waals surface area contributed by atoms with E-state index in [4.69, 9.17) is 5.26 Å². The highest BCUT2D eigenvalue weighted by atomic mass is 19.1. The van der Waals surface area contributed by atoms with Gasteiger partial charge in [0.05, 0.1) is 6.07 Å². The number of nitriles is 1. The molecule has 16 heavy (non-hydrogen) atoms. The Labute approximate surface area is 95.1 Å². The third kappa shape index (κ3) is 2.80. The number of hydrogen-bond donors (Lipinski definition) is 1. The Morgan fingerprint density at radius 2 is 2.00 bits per heavy atom. The number of nitrogens with zero attached hydrogens (tertiary/aromatic N) is 1. The van der Waals surface area contributed by atoms with Crippen molar-refractivity contribution in [1.29, 1.82) is 5.26 Å². The van der Waals surface area contributed by atoms with Gasteiger partial charge in [-0.2, -0.15) is 5.26 Å². The average Bonchev–Trinajstić information content (AvgIpc) is 3.02. The van der Waals surface area contributed by atoms with Gasteiger partial charge < -0.3 is 5.32 Å². The molecule has 1 saturated carbocycles. The highest BCUT2D eigenvalue weighted by molar-refractivity contribution is 5.15. The van der Waals surface area contributed by atoms with Gasteiger partial charge in [0.2, 0.25) is 0 Å². The zero-order valence-electron chi connectivity index (χ0n) is 9.17. The Balaban J connectivity index is 1.76. The van der Waals surface area contributed by atoms with Crippen LogP contribution in [0.3, 0.4) is 0 Å². The lowest BCUT2D eigenvalue weighted by Gasteiger charge is -2.12. The van der Waals surface area contributed by atoms with E-state index >= 15 is 0 Å². The van der Waals surface area contributed by atoms with Gasteiger partial charge in [-0.25, -0.2) is 4.39 Å². The van der Waals surface area contributed by atoms with E-state index < -0.39 is 0 Å². The fourth-order valence-electron chi connectivity index (χ4n) is 1.83. The van der Waals surface area contributed by atoms with Crippen LogP contribution < -0.4 is 5.32 Å². The van der Waals surface area contributed by atoms with E-state index in [9.17, 15) is 4.39 Å². The molecule has 2 nitrogen and oxygen atoms in total. The van der Waals surface area contributed by atoms with E-state index in [1.54, 1.807) is 12.1 Å². The van der Waals surface area contributed by atoms with Crippen LogP contribution in [0.5, 0.6) is 0 Å². The topological polar surface area (TPSA) is 35.8 Å². The normalized spacial score (nSPS) is 16.8. The largest absolute Gasteiger partial charge is 0.312 e. The zero-order chi connectivity index (χ0) is 11.4. The molecule has 1 aromatic rings. The molecule has 0 aromatic heterocycles. The van der Waals surface area contributed by atoms with Gasteiger partial charge in [0, 0.05) is 19.5 Å². The molecule has 1 aromatic carbocycles. The summed E-state index contributed by atoms with van der Waals surface area (Å²) in [4.78, 5) is 0. The molecule has 84 valence electrons. The summed E-state index contributed by atoms with van der Waals surface area (Å²) in [7, 11) is 0. The molecule has 0 spiro atoms. The lowest BCUT2D eigenvalue weighted by molar-refractivity contribution is 0.466. The molecule has 1 N–H and O–H groups in total. The minimum absolute atomic E-state index is 0.202. The summed E-state index contributed by atoms with van der Waals surface area (Å²) in [6.45, 7) is 1.63. The summed E-state index contributed by atoms with van der Waals surface area (Å²) in [6, 6.07) is 8.75. The monoisotopic (exact) mass is 218 g/mol. The van der Waals surface area contributed by atoms with Crippen LogP contribution in [0, 0.1) is 22.6 Å². The zero-order valence-corrected chi connectivity index (χ0v) is 9.17. The molecule has 2 rings (SSSR count). The molecule has 0 bridgehead atoms. The van der Waals surface area contributed by atoms with Gasteiger partial charge >= 0.3 is 0 Å². The predicted molar refractivity (Wildman–Crippen MR) is 60.0 cm³/mol. The van der Waals surface area contributed by atoms with Crippen molar-refractivity contribution in [3.8, 4) is 6.07 Å². The standard InChI is InChI=1S/C13H15FN2/c14-12-3-1-11(2-4-12)9-16-10-13(5-6-13)7-8-15/h1-4,16H,5-7,9-10H2. The first-order valence-electron chi connectivity index (χ1n) is 5.56. The molecule has 3 heteroatoms. The maximum Gasteiger partial charge on any atom is 0.123 e. The lowest BCUT2D eigenvalue weighted by Crippen LogP contribution is -2.23. The van der Waals surface area contributed by atoms with Crippen molar-refractivity contribution in [1.82, 2.24) is 5.32 Å². The SMILES string of the molecule is N#CCC1(CNCc2ccc(F)cc2)CC1. The average molecular weight is 218 g/mol. The van der Waals surface area contributed by atoms with Crippen molar-refractivity contribution in [3.05, 3.63) is 35.6 Å². The van der Waals surface area contributed by atoms with Gasteiger partial charge in [-0.05, 0) is 36.0 Å². The van der Waals surface area contributed by atoms with Crippen LogP contribution in [0.1, 0.15) is 24.8 Å². The molecule has 0 aliphatic heterocycles. The Bertz CT molecular complexity index is 387. The van der Waals surface area contributed by atoms with E-state index in [1.165, 1.54) is 12.1 Å². The van der Waals surface area contributed by atoms with Crippen LogP contribution in [0.15, 0.2) is 24.3 Å². The second-order valence-electron chi connectivity index (χ2n) is 4.56. The van der Waals surface area contributed by atoms with Crippen LogP contribution >= 0.6 is 0 Å². The summed E-state index contributed by atoms with van der Waals surface area (Å²) < 4.78 is 12.7.